The quantitative estimate of drug-likeness (QED) is 0.145. The Labute approximate surface area is 217 Å². The molecule has 0 aliphatic rings. The van der Waals surface area contributed by atoms with Gasteiger partial charge in [-0.2, -0.15) is 0 Å². The lowest BCUT2D eigenvalue weighted by atomic mass is 9.97. The van der Waals surface area contributed by atoms with Gasteiger partial charge in [-0.15, -0.1) is 0 Å². The number of benzene rings is 5. The van der Waals surface area contributed by atoms with Gasteiger partial charge in [0.2, 0.25) is 0 Å². The van der Waals surface area contributed by atoms with Gasteiger partial charge in [0.15, 0.2) is 0 Å². The molecule has 0 spiro atoms. The molecule has 0 aliphatic carbocycles. The number of fused-ring (bicyclic) bond motifs is 4. The van der Waals surface area contributed by atoms with Crippen LogP contribution in [0.4, 0.5) is 0 Å². The molecule has 38 heavy (non-hydrogen) atoms. The number of nitrogens with zero attached hydrogens (tertiary/aromatic N) is 1. The molecule has 7 rings (SSSR count). The zero-order chi connectivity index (χ0) is 25.6. The Morgan fingerprint density at radius 2 is 1.11 bits per heavy atom. The minimum atomic E-state index is -0.405. The van der Waals surface area contributed by atoms with Crippen LogP contribution in [-0.4, -0.2) is 4.57 Å². The Kier molecular flexibility index (Phi) is 5.05. The number of pyridine rings is 1. The molecular weight excluding hydrogens is 470 g/mol. The second kappa shape index (κ2) is 8.71. The van der Waals surface area contributed by atoms with Gasteiger partial charge in [-0.3, -0.25) is 9.36 Å². The normalized spacial score (nSPS) is 11.4. The first-order chi connectivity index (χ1) is 18.7. The van der Waals surface area contributed by atoms with E-state index in [4.69, 9.17) is 4.42 Å². The Morgan fingerprint density at radius 1 is 0.500 bits per heavy atom. The summed E-state index contributed by atoms with van der Waals surface area (Å²) in [7, 11) is 0. The molecule has 0 atom stereocenters. The summed E-state index contributed by atoms with van der Waals surface area (Å²) in [5, 5.41) is 3.01. The third-order valence-electron chi connectivity index (χ3n) is 7.02. The van der Waals surface area contributed by atoms with Crippen LogP contribution in [-0.2, 0) is 0 Å². The maximum absolute atomic E-state index is 14.1. The largest absolute Gasteiger partial charge is 0.423 e. The van der Waals surface area contributed by atoms with Crippen LogP contribution in [0.15, 0.2) is 141 Å². The van der Waals surface area contributed by atoms with Crippen molar-refractivity contribution in [2.24, 2.45) is 0 Å². The average Bonchev–Trinajstić information content (AvgIpc) is 2.97. The summed E-state index contributed by atoms with van der Waals surface area (Å²) in [5.74, 6) is 0. The molecule has 0 bridgehead atoms. The van der Waals surface area contributed by atoms with E-state index in [1.165, 1.54) is 6.07 Å². The van der Waals surface area contributed by atoms with E-state index in [1.54, 1.807) is 10.6 Å². The first-order valence-electron chi connectivity index (χ1n) is 12.4. The van der Waals surface area contributed by atoms with E-state index in [0.29, 0.717) is 11.0 Å². The van der Waals surface area contributed by atoms with Crippen molar-refractivity contribution in [1.82, 2.24) is 4.57 Å². The SMILES string of the molecule is O=c1ccc2cc3c(cc2o1)c1ccccc1c(=O)n3-c1cc(-c2ccccc2)cc(-c2ccccc2)c1. The number of hydrogen-bond donors (Lipinski definition) is 0. The second-order valence-electron chi connectivity index (χ2n) is 9.35. The molecule has 0 amide bonds. The molecule has 2 aromatic heterocycles. The zero-order valence-electron chi connectivity index (χ0n) is 20.3. The Bertz CT molecular complexity index is 2050. The molecule has 0 fully saturated rings. The molecule has 0 unspecified atom stereocenters. The predicted molar refractivity (Wildman–Crippen MR) is 154 cm³/mol. The number of rotatable bonds is 3. The zero-order valence-corrected chi connectivity index (χ0v) is 20.3. The van der Waals surface area contributed by atoms with Gasteiger partial charge in [-0.25, -0.2) is 4.79 Å². The summed E-state index contributed by atoms with van der Waals surface area (Å²) in [4.78, 5) is 26.1. The van der Waals surface area contributed by atoms with Gasteiger partial charge in [0.1, 0.15) is 5.58 Å². The van der Waals surface area contributed by atoms with Gasteiger partial charge >= 0.3 is 5.63 Å². The maximum atomic E-state index is 14.1. The van der Waals surface area contributed by atoms with Crippen LogP contribution in [0.25, 0.3) is 60.6 Å². The molecule has 7 aromatic rings. The minimum absolute atomic E-state index is 0.103. The van der Waals surface area contributed by atoms with E-state index in [1.807, 2.05) is 72.8 Å². The molecule has 0 saturated heterocycles. The van der Waals surface area contributed by atoms with Crippen molar-refractivity contribution >= 4 is 32.6 Å². The van der Waals surface area contributed by atoms with Gasteiger partial charge in [0, 0.05) is 22.2 Å². The van der Waals surface area contributed by atoms with Gasteiger partial charge in [0.25, 0.3) is 5.56 Å². The molecule has 2 heterocycles. The highest BCUT2D eigenvalue weighted by Gasteiger charge is 2.16. The highest BCUT2D eigenvalue weighted by atomic mass is 16.4. The fourth-order valence-corrected chi connectivity index (χ4v) is 5.23. The van der Waals surface area contributed by atoms with Crippen molar-refractivity contribution in [3.63, 3.8) is 0 Å². The molecule has 0 N–H and O–H groups in total. The topological polar surface area (TPSA) is 52.2 Å². The number of aromatic nitrogens is 1. The third kappa shape index (κ3) is 3.62. The van der Waals surface area contributed by atoms with E-state index in [9.17, 15) is 9.59 Å². The first-order valence-corrected chi connectivity index (χ1v) is 12.4. The van der Waals surface area contributed by atoms with Crippen LogP contribution in [0.3, 0.4) is 0 Å². The van der Waals surface area contributed by atoms with Crippen molar-refractivity contribution in [1.29, 1.82) is 0 Å². The van der Waals surface area contributed by atoms with Crippen LogP contribution < -0.4 is 11.2 Å². The fourth-order valence-electron chi connectivity index (χ4n) is 5.23. The summed E-state index contributed by atoms with van der Waals surface area (Å²) in [5.41, 5.74) is 5.66. The van der Waals surface area contributed by atoms with Crippen LogP contribution in [0, 0.1) is 0 Å². The van der Waals surface area contributed by atoms with Crippen molar-refractivity contribution in [2.45, 2.75) is 0 Å². The highest BCUT2D eigenvalue weighted by molar-refractivity contribution is 6.10. The lowest BCUT2D eigenvalue weighted by molar-refractivity contribution is 0.561. The summed E-state index contributed by atoms with van der Waals surface area (Å²) in [6.45, 7) is 0. The number of hydrogen-bond acceptors (Lipinski definition) is 3. The third-order valence-corrected chi connectivity index (χ3v) is 7.02. The summed E-state index contributed by atoms with van der Waals surface area (Å²) >= 11 is 0. The second-order valence-corrected chi connectivity index (χ2v) is 9.35. The van der Waals surface area contributed by atoms with Crippen LogP contribution in [0.1, 0.15) is 0 Å². The molecule has 180 valence electrons. The molecule has 4 nitrogen and oxygen atoms in total. The fraction of sp³-hybridized carbons (Fsp3) is 0. The summed E-state index contributed by atoms with van der Waals surface area (Å²) < 4.78 is 7.28. The van der Waals surface area contributed by atoms with Gasteiger partial charge in [-0.1, -0.05) is 78.9 Å². The van der Waals surface area contributed by atoms with E-state index in [-0.39, 0.29) is 5.56 Å². The molecular formula is C34H21NO3. The maximum Gasteiger partial charge on any atom is 0.336 e. The standard InChI is InChI=1S/C34H21NO3/c36-33-16-15-24-20-31-30(21-32(24)38-33)28-13-7-8-14-29(28)34(37)35(31)27-18-25(22-9-3-1-4-10-22)17-26(19-27)23-11-5-2-6-12-23/h1-21H. The Balaban J connectivity index is 1.63. The van der Waals surface area contributed by atoms with Gasteiger partial charge in [-0.05, 0) is 70.1 Å². The lowest BCUT2D eigenvalue weighted by Crippen LogP contribution is -2.19. The monoisotopic (exact) mass is 491 g/mol. The van der Waals surface area contributed by atoms with Crippen molar-refractivity contribution in [3.8, 4) is 27.9 Å². The Morgan fingerprint density at radius 3 is 1.76 bits per heavy atom. The molecule has 5 aromatic carbocycles. The Hall–Kier alpha value is -5.22. The molecule has 0 radical (unpaired) electrons. The lowest BCUT2D eigenvalue weighted by Gasteiger charge is -2.17. The van der Waals surface area contributed by atoms with Gasteiger partial charge in [0.05, 0.1) is 11.2 Å². The van der Waals surface area contributed by atoms with E-state index >= 15 is 0 Å². The van der Waals surface area contributed by atoms with Crippen LogP contribution in [0.5, 0.6) is 0 Å². The van der Waals surface area contributed by atoms with Crippen molar-refractivity contribution < 1.29 is 4.42 Å². The van der Waals surface area contributed by atoms with E-state index in [0.717, 1.165) is 49.6 Å². The highest BCUT2D eigenvalue weighted by Crippen LogP contribution is 2.33. The average molecular weight is 492 g/mol. The first kappa shape index (κ1) is 22.0. The van der Waals surface area contributed by atoms with E-state index in [2.05, 4.69) is 42.5 Å². The van der Waals surface area contributed by atoms with Crippen LogP contribution in [0.2, 0.25) is 0 Å². The predicted octanol–water partition coefficient (Wildman–Crippen LogP) is 7.58. The van der Waals surface area contributed by atoms with E-state index < -0.39 is 5.63 Å². The van der Waals surface area contributed by atoms with Gasteiger partial charge < -0.3 is 4.42 Å². The smallest absolute Gasteiger partial charge is 0.336 e. The molecule has 4 heteroatoms. The van der Waals surface area contributed by atoms with Crippen LogP contribution >= 0.6 is 0 Å². The summed E-state index contributed by atoms with van der Waals surface area (Å²) in [6.07, 6.45) is 0. The van der Waals surface area contributed by atoms with Crippen molar-refractivity contribution in [2.75, 3.05) is 0 Å². The summed E-state index contributed by atoms with van der Waals surface area (Å²) in [6, 6.07) is 41.1. The minimum Gasteiger partial charge on any atom is -0.423 e. The molecule has 0 aliphatic heterocycles. The van der Waals surface area contributed by atoms with Crippen molar-refractivity contribution in [3.05, 3.63) is 148 Å². The molecule has 0 saturated carbocycles.